The molecule has 0 spiro atoms. The Kier molecular flexibility index (Phi) is 6.37. The summed E-state index contributed by atoms with van der Waals surface area (Å²) in [6.07, 6.45) is 0.677. The van der Waals surface area contributed by atoms with Gasteiger partial charge in [0.05, 0.1) is 11.8 Å². The van der Waals surface area contributed by atoms with Crippen LogP contribution in [0, 0.1) is 11.8 Å². The van der Waals surface area contributed by atoms with E-state index in [1.165, 1.54) is 0 Å². The summed E-state index contributed by atoms with van der Waals surface area (Å²) in [6, 6.07) is 7.94. The Labute approximate surface area is 162 Å². The third kappa shape index (κ3) is 4.61. The van der Waals surface area contributed by atoms with E-state index in [1.54, 1.807) is 0 Å². The molecular formula is C21H32N4O2. The molecule has 1 saturated carbocycles. The lowest BCUT2D eigenvalue weighted by atomic mass is 10.2. The molecule has 1 saturated heterocycles. The molecule has 3 rings (SSSR count). The quantitative estimate of drug-likeness (QED) is 0.798. The van der Waals surface area contributed by atoms with E-state index in [9.17, 15) is 9.59 Å². The molecular weight excluding hydrogens is 340 g/mol. The van der Waals surface area contributed by atoms with Crippen molar-refractivity contribution in [2.45, 2.75) is 27.2 Å². The summed E-state index contributed by atoms with van der Waals surface area (Å²) in [5.41, 5.74) is 1.95. The molecule has 6 nitrogen and oxygen atoms in total. The Bertz CT molecular complexity index is 649. The molecule has 1 N–H and O–H groups in total. The second kappa shape index (κ2) is 8.74. The highest BCUT2D eigenvalue weighted by atomic mass is 16.2. The molecule has 2 unspecified atom stereocenters. The first-order valence-corrected chi connectivity index (χ1v) is 10.2. The van der Waals surface area contributed by atoms with E-state index in [-0.39, 0.29) is 23.7 Å². The number of nitrogens with one attached hydrogen (secondary N) is 1. The van der Waals surface area contributed by atoms with Crippen molar-refractivity contribution in [3.8, 4) is 0 Å². The first-order valence-electron chi connectivity index (χ1n) is 10.2. The molecule has 2 aliphatic rings. The first-order chi connectivity index (χ1) is 13.1. The maximum atomic E-state index is 12.6. The van der Waals surface area contributed by atoms with Gasteiger partial charge in [-0.25, -0.2) is 0 Å². The number of hydrogen-bond acceptors (Lipinski definition) is 4. The highest BCUT2D eigenvalue weighted by molar-refractivity contribution is 5.99. The monoisotopic (exact) mass is 372 g/mol. The largest absolute Gasteiger partial charge is 0.372 e. The van der Waals surface area contributed by atoms with Crippen molar-refractivity contribution in [1.29, 1.82) is 0 Å². The van der Waals surface area contributed by atoms with Crippen molar-refractivity contribution < 1.29 is 9.59 Å². The second-order valence-electron chi connectivity index (χ2n) is 7.42. The fraction of sp³-hybridized carbons (Fsp3) is 0.619. The zero-order valence-electron chi connectivity index (χ0n) is 16.8. The molecule has 1 aromatic carbocycles. The van der Waals surface area contributed by atoms with Crippen LogP contribution in [-0.4, -0.2) is 67.4 Å². The van der Waals surface area contributed by atoms with E-state index >= 15 is 0 Å². The van der Waals surface area contributed by atoms with Crippen LogP contribution in [0.2, 0.25) is 0 Å². The average molecular weight is 373 g/mol. The van der Waals surface area contributed by atoms with Gasteiger partial charge < -0.3 is 20.0 Å². The minimum Gasteiger partial charge on any atom is -0.372 e. The first kappa shape index (κ1) is 19.7. The van der Waals surface area contributed by atoms with Crippen molar-refractivity contribution in [3.63, 3.8) is 0 Å². The van der Waals surface area contributed by atoms with Crippen LogP contribution in [0.1, 0.15) is 27.2 Å². The molecule has 0 radical (unpaired) electrons. The number of amides is 2. The Morgan fingerprint density at radius 2 is 1.63 bits per heavy atom. The molecule has 0 aromatic heterocycles. The summed E-state index contributed by atoms with van der Waals surface area (Å²) in [6.45, 7) is 12.8. The van der Waals surface area contributed by atoms with E-state index in [4.69, 9.17) is 0 Å². The van der Waals surface area contributed by atoms with Crippen LogP contribution in [0.3, 0.4) is 0 Å². The summed E-state index contributed by atoms with van der Waals surface area (Å²) in [4.78, 5) is 31.7. The molecule has 1 aliphatic carbocycles. The highest BCUT2D eigenvalue weighted by Crippen LogP contribution is 2.41. The van der Waals surface area contributed by atoms with Gasteiger partial charge in [-0.3, -0.25) is 9.59 Å². The molecule has 148 valence electrons. The van der Waals surface area contributed by atoms with Gasteiger partial charge in [0.2, 0.25) is 11.8 Å². The lowest BCUT2D eigenvalue weighted by Gasteiger charge is -2.34. The molecule has 27 heavy (non-hydrogen) atoms. The van der Waals surface area contributed by atoms with Gasteiger partial charge in [0, 0.05) is 50.6 Å². The zero-order chi connectivity index (χ0) is 19.4. The predicted molar refractivity (Wildman–Crippen MR) is 109 cm³/mol. The summed E-state index contributed by atoms with van der Waals surface area (Å²) >= 11 is 0. The Morgan fingerprint density at radius 1 is 1.00 bits per heavy atom. The summed E-state index contributed by atoms with van der Waals surface area (Å²) < 4.78 is 0. The predicted octanol–water partition coefficient (Wildman–Crippen LogP) is 2.27. The number of hydrogen-bond donors (Lipinski definition) is 1. The number of carbonyl (C=O) groups excluding carboxylic acids is 2. The Morgan fingerprint density at radius 3 is 2.19 bits per heavy atom. The van der Waals surface area contributed by atoms with Crippen LogP contribution in [0.5, 0.6) is 0 Å². The summed E-state index contributed by atoms with van der Waals surface area (Å²) in [7, 11) is 0. The maximum absolute atomic E-state index is 12.6. The van der Waals surface area contributed by atoms with Crippen LogP contribution < -0.4 is 10.2 Å². The van der Waals surface area contributed by atoms with Gasteiger partial charge in [0.1, 0.15) is 0 Å². The zero-order valence-corrected chi connectivity index (χ0v) is 16.8. The molecule has 6 heteroatoms. The number of rotatable bonds is 7. The second-order valence-corrected chi connectivity index (χ2v) is 7.42. The summed E-state index contributed by atoms with van der Waals surface area (Å²) in [5.74, 6) is -0.184. The number of carbonyl (C=O) groups is 2. The fourth-order valence-corrected chi connectivity index (χ4v) is 3.86. The Hall–Kier alpha value is -2.08. The third-order valence-corrected chi connectivity index (χ3v) is 5.84. The van der Waals surface area contributed by atoms with Gasteiger partial charge in [0.25, 0.3) is 0 Å². The van der Waals surface area contributed by atoms with Gasteiger partial charge in [-0.15, -0.1) is 0 Å². The van der Waals surface area contributed by atoms with Gasteiger partial charge in [-0.2, -0.15) is 0 Å². The lowest BCUT2D eigenvalue weighted by Crippen LogP contribution is -2.49. The standard InChI is InChI=1S/C21H32N4O2/c1-4-23-11-13-25(14-12-23)21(27)19-15-18(19)20(26)22-16-7-9-17(10-8-16)24(5-2)6-3/h7-10,18-19H,4-6,11-15H2,1-3H3,(H,22,26). The molecule has 2 atom stereocenters. The maximum Gasteiger partial charge on any atom is 0.228 e. The number of likely N-dealkylation sites (N-methyl/N-ethyl adjacent to an activating group) is 1. The molecule has 2 fully saturated rings. The van der Waals surface area contributed by atoms with Crippen LogP contribution in [0.4, 0.5) is 11.4 Å². The van der Waals surface area contributed by atoms with Crippen LogP contribution >= 0.6 is 0 Å². The fourth-order valence-electron chi connectivity index (χ4n) is 3.86. The van der Waals surface area contributed by atoms with E-state index in [0.717, 1.165) is 57.2 Å². The summed E-state index contributed by atoms with van der Waals surface area (Å²) in [5, 5.41) is 2.97. The van der Waals surface area contributed by atoms with Crippen LogP contribution in [0.25, 0.3) is 0 Å². The van der Waals surface area contributed by atoms with Gasteiger partial charge >= 0.3 is 0 Å². The minimum atomic E-state index is -0.177. The topological polar surface area (TPSA) is 55.9 Å². The lowest BCUT2D eigenvalue weighted by molar-refractivity contribution is -0.135. The Balaban J connectivity index is 1.49. The molecule has 1 aliphatic heterocycles. The third-order valence-electron chi connectivity index (χ3n) is 5.84. The van der Waals surface area contributed by atoms with Gasteiger partial charge in [0.15, 0.2) is 0 Å². The molecule has 0 bridgehead atoms. The van der Waals surface area contributed by atoms with Crippen molar-refractivity contribution in [1.82, 2.24) is 9.80 Å². The average Bonchev–Trinajstić information content (AvgIpc) is 3.51. The number of anilines is 2. The molecule has 2 amide bonds. The van der Waals surface area contributed by atoms with E-state index < -0.39 is 0 Å². The van der Waals surface area contributed by atoms with Crippen molar-refractivity contribution >= 4 is 23.2 Å². The van der Waals surface area contributed by atoms with Gasteiger partial charge in [-0.1, -0.05) is 6.92 Å². The van der Waals surface area contributed by atoms with E-state index in [0.29, 0.717) is 6.42 Å². The number of piperazine rings is 1. The normalized spacial score (nSPS) is 22.4. The highest BCUT2D eigenvalue weighted by Gasteiger charge is 2.49. The van der Waals surface area contributed by atoms with Crippen molar-refractivity contribution in [3.05, 3.63) is 24.3 Å². The molecule has 1 aromatic rings. The SMILES string of the molecule is CCN1CCN(C(=O)C2CC2C(=O)Nc2ccc(N(CC)CC)cc2)CC1. The van der Waals surface area contributed by atoms with Crippen LogP contribution in [0.15, 0.2) is 24.3 Å². The number of nitrogens with zero attached hydrogens (tertiary/aromatic N) is 3. The minimum absolute atomic E-state index is 0.0314. The van der Waals surface area contributed by atoms with Crippen LogP contribution in [-0.2, 0) is 9.59 Å². The molecule has 1 heterocycles. The smallest absolute Gasteiger partial charge is 0.228 e. The number of benzene rings is 1. The van der Waals surface area contributed by atoms with Crippen molar-refractivity contribution in [2.24, 2.45) is 11.8 Å². The van der Waals surface area contributed by atoms with Gasteiger partial charge in [-0.05, 0) is 51.1 Å². The van der Waals surface area contributed by atoms with E-state index in [2.05, 4.69) is 35.9 Å². The van der Waals surface area contributed by atoms with Crippen molar-refractivity contribution in [2.75, 3.05) is 56.0 Å². The van der Waals surface area contributed by atoms with E-state index in [1.807, 2.05) is 29.2 Å².